The molecule has 2 rings (SSSR count). The fourth-order valence-corrected chi connectivity index (χ4v) is 2.22. The molecule has 0 saturated carbocycles. The molecule has 2 heterocycles. The zero-order valence-electron chi connectivity index (χ0n) is 9.69. The summed E-state index contributed by atoms with van der Waals surface area (Å²) in [5.41, 5.74) is 1.17. The molecule has 94 valence electrons. The molecule has 0 atom stereocenters. The van der Waals surface area contributed by atoms with Gasteiger partial charge in [0.15, 0.2) is 0 Å². The lowest BCUT2D eigenvalue weighted by molar-refractivity contribution is 0.0690. The summed E-state index contributed by atoms with van der Waals surface area (Å²) < 4.78 is 6.05. The number of H-pyrrole nitrogens is 1. The first-order valence-electron chi connectivity index (χ1n) is 5.03. The second-order valence-corrected chi connectivity index (χ2v) is 4.69. The number of hydrogen-bond donors (Lipinski definition) is 2. The average molecular weight is 359 g/mol. The molecular weight excluding hydrogens is 349 g/mol. The lowest BCUT2D eigenvalue weighted by atomic mass is 10.2. The number of nitrogens with zero attached hydrogens (tertiary/aromatic N) is 2. The topological polar surface area (TPSA) is 88.1 Å². The van der Waals surface area contributed by atoms with Gasteiger partial charge in [-0.05, 0) is 35.6 Å². The third-order valence-electron chi connectivity index (χ3n) is 2.39. The number of carboxylic acid groups (broad SMARTS) is 1. The van der Waals surface area contributed by atoms with Crippen LogP contribution in [0.25, 0.3) is 11.4 Å². The number of aryl methyl sites for hydroxylation is 1. The largest absolute Gasteiger partial charge is 0.480 e. The van der Waals surface area contributed by atoms with Crippen molar-refractivity contribution in [3.05, 3.63) is 27.2 Å². The van der Waals surface area contributed by atoms with Crippen molar-refractivity contribution < 1.29 is 14.6 Å². The van der Waals surface area contributed by atoms with Crippen molar-refractivity contribution in [3.8, 4) is 17.3 Å². The normalized spacial score (nSPS) is 10.4. The first-order valence-corrected chi connectivity index (χ1v) is 6.11. The molecule has 0 aliphatic carbocycles. The zero-order valence-corrected chi connectivity index (χ0v) is 11.8. The van der Waals surface area contributed by atoms with E-state index in [1.54, 1.807) is 19.2 Å². The number of pyridine rings is 1. The van der Waals surface area contributed by atoms with Gasteiger partial charge in [0.25, 0.3) is 0 Å². The highest BCUT2D eigenvalue weighted by Crippen LogP contribution is 2.31. The molecule has 0 aliphatic heterocycles. The van der Waals surface area contributed by atoms with Crippen molar-refractivity contribution in [2.45, 2.75) is 6.92 Å². The van der Waals surface area contributed by atoms with Crippen LogP contribution in [0.2, 0.25) is 0 Å². The van der Waals surface area contributed by atoms with Gasteiger partial charge in [-0.25, -0.2) is 14.8 Å². The first kappa shape index (κ1) is 12.8. The summed E-state index contributed by atoms with van der Waals surface area (Å²) in [6, 6.07) is 1.80. The van der Waals surface area contributed by atoms with Crippen LogP contribution in [0, 0.1) is 10.5 Å². The Bertz CT molecular complexity index is 610. The number of methoxy groups -OCH3 is 1. The molecular formula is C11H10IN3O3. The highest BCUT2D eigenvalue weighted by Gasteiger charge is 2.19. The van der Waals surface area contributed by atoms with Gasteiger partial charge in [0.2, 0.25) is 5.88 Å². The van der Waals surface area contributed by atoms with Crippen LogP contribution in [0.15, 0.2) is 12.3 Å². The smallest absolute Gasteiger partial charge is 0.354 e. The van der Waals surface area contributed by atoms with Crippen molar-refractivity contribution >= 4 is 28.6 Å². The van der Waals surface area contributed by atoms with Crippen LogP contribution in [0.3, 0.4) is 0 Å². The van der Waals surface area contributed by atoms with E-state index in [4.69, 9.17) is 9.84 Å². The van der Waals surface area contributed by atoms with Gasteiger partial charge in [0.05, 0.1) is 18.4 Å². The third kappa shape index (κ3) is 2.17. The van der Waals surface area contributed by atoms with E-state index in [-0.39, 0.29) is 5.69 Å². The molecule has 0 saturated heterocycles. The van der Waals surface area contributed by atoms with Crippen molar-refractivity contribution in [1.29, 1.82) is 0 Å². The van der Waals surface area contributed by atoms with Gasteiger partial charge >= 0.3 is 5.97 Å². The molecule has 0 aliphatic rings. The van der Waals surface area contributed by atoms with Gasteiger partial charge in [-0.15, -0.1) is 0 Å². The van der Waals surface area contributed by atoms with Gasteiger partial charge in [0, 0.05) is 9.77 Å². The van der Waals surface area contributed by atoms with Crippen LogP contribution in [-0.2, 0) is 0 Å². The van der Waals surface area contributed by atoms with Crippen LogP contribution < -0.4 is 4.74 Å². The number of aromatic amines is 1. The van der Waals surface area contributed by atoms with Crippen molar-refractivity contribution in [2.75, 3.05) is 7.11 Å². The van der Waals surface area contributed by atoms with Gasteiger partial charge in [0.1, 0.15) is 11.5 Å². The molecule has 18 heavy (non-hydrogen) atoms. The molecule has 2 aromatic rings. The summed E-state index contributed by atoms with van der Waals surface area (Å²) >= 11 is 2.12. The molecule has 7 heteroatoms. The second-order valence-electron chi connectivity index (χ2n) is 3.53. The molecule has 2 aromatic heterocycles. The van der Waals surface area contributed by atoms with Crippen LogP contribution >= 0.6 is 22.6 Å². The molecule has 0 unspecified atom stereocenters. The molecule has 0 radical (unpaired) electrons. The number of carbonyl (C=O) groups is 1. The SMILES string of the molecule is COc1nccc(I)c1-c1nc(C)c(C(=O)O)[nH]1. The molecule has 6 nitrogen and oxygen atoms in total. The molecule has 0 amide bonds. The van der Waals surface area contributed by atoms with Gasteiger partial charge in [-0.1, -0.05) is 0 Å². The number of halogens is 1. The molecule has 2 N–H and O–H groups in total. The Balaban J connectivity index is 2.62. The summed E-state index contributed by atoms with van der Waals surface area (Å²) in [4.78, 5) is 22.1. The Hall–Kier alpha value is -1.64. The fourth-order valence-electron chi connectivity index (χ4n) is 1.58. The summed E-state index contributed by atoms with van der Waals surface area (Å²) in [6.07, 6.45) is 1.62. The second kappa shape index (κ2) is 4.92. The zero-order chi connectivity index (χ0) is 13.3. The highest BCUT2D eigenvalue weighted by atomic mass is 127. The average Bonchev–Trinajstić information content (AvgIpc) is 2.70. The fraction of sp³-hybridized carbons (Fsp3) is 0.182. The number of aromatic nitrogens is 3. The van der Waals surface area contributed by atoms with Gasteiger partial charge in [-0.3, -0.25) is 0 Å². The monoisotopic (exact) mass is 359 g/mol. The predicted octanol–water partition coefficient (Wildman–Crippen LogP) is 2.09. The molecule has 0 fully saturated rings. The van der Waals surface area contributed by atoms with Crippen LogP contribution in [0.5, 0.6) is 5.88 Å². The lowest BCUT2D eigenvalue weighted by Gasteiger charge is -2.06. The summed E-state index contributed by atoms with van der Waals surface area (Å²) in [5, 5.41) is 9.00. The van der Waals surface area contributed by atoms with Gasteiger partial charge in [-0.2, -0.15) is 0 Å². The van der Waals surface area contributed by atoms with E-state index in [1.807, 2.05) is 0 Å². The van der Waals surface area contributed by atoms with E-state index in [0.29, 0.717) is 23.0 Å². The summed E-state index contributed by atoms with van der Waals surface area (Å²) in [6.45, 7) is 1.64. The van der Waals surface area contributed by atoms with Crippen molar-refractivity contribution in [1.82, 2.24) is 15.0 Å². The Labute approximate surface area is 117 Å². The standard InChI is InChI=1S/C11H10IN3O3/c1-5-8(11(16)17)15-9(14-5)7-6(12)3-4-13-10(7)18-2/h3-4H,1-2H3,(H,14,15)(H,16,17). The lowest BCUT2D eigenvalue weighted by Crippen LogP contribution is -1.99. The van der Waals surface area contributed by atoms with E-state index >= 15 is 0 Å². The van der Waals surface area contributed by atoms with Crippen molar-refractivity contribution in [2.24, 2.45) is 0 Å². The number of imidazole rings is 1. The quantitative estimate of drug-likeness (QED) is 0.820. The minimum Gasteiger partial charge on any atom is -0.480 e. The predicted molar refractivity (Wildman–Crippen MR) is 72.8 cm³/mol. The van der Waals surface area contributed by atoms with Crippen LogP contribution in [0.4, 0.5) is 0 Å². The van der Waals surface area contributed by atoms with Gasteiger partial charge < -0.3 is 14.8 Å². The van der Waals surface area contributed by atoms with E-state index in [0.717, 1.165) is 3.57 Å². The maximum atomic E-state index is 11.0. The molecule has 0 spiro atoms. The number of ether oxygens (including phenoxy) is 1. The maximum absolute atomic E-state index is 11.0. The minimum absolute atomic E-state index is 0.0757. The van der Waals surface area contributed by atoms with E-state index in [2.05, 4.69) is 37.5 Å². The Morgan fingerprint density at radius 2 is 2.28 bits per heavy atom. The number of aromatic carboxylic acids is 1. The van der Waals surface area contributed by atoms with Crippen molar-refractivity contribution in [3.63, 3.8) is 0 Å². The van der Waals surface area contributed by atoms with E-state index in [1.165, 1.54) is 7.11 Å². The number of hydrogen-bond acceptors (Lipinski definition) is 4. The molecule has 0 bridgehead atoms. The first-order chi connectivity index (χ1) is 8.54. The summed E-state index contributed by atoms with van der Waals surface area (Å²) in [5.74, 6) is -0.184. The Morgan fingerprint density at radius 1 is 1.56 bits per heavy atom. The van der Waals surface area contributed by atoms with Crippen LogP contribution in [0.1, 0.15) is 16.2 Å². The van der Waals surface area contributed by atoms with E-state index < -0.39 is 5.97 Å². The van der Waals surface area contributed by atoms with Crippen LogP contribution in [-0.4, -0.2) is 33.1 Å². The minimum atomic E-state index is -1.04. The Kier molecular flexibility index (Phi) is 3.50. The number of carboxylic acids is 1. The third-order valence-corrected chi connectivity index (χ3v) is 3.29. The number of nitrogens with one attached hydrogen (secondary N) is 1. The summed E-state index contributed by atoms with van der Waals surface area (Å²) in [7, 11) is 1.51. The number of rotatable bonds is 3. The molecule has 0 aromatic carbocycles. The maximum Gasteiger partial charge on any atom is 0.354 e. The highest BCUT2D eigenvalue weighted by molar-refractivity contribution is 14.1. The Morgan fingerprint density at radius 3 is 2.83 bits per heavy atom. The van der Waals surface area contributed by atoms with E-state index in [9.17, 15) is 4.79 Å².